The zero-order chi connectivity index (χ0) is 25.1. The highest BCUT2D eigenvalue weighted by Crippen LogP contribution is 2.29. The van der Waals surface area contributed by atoms with E-state index < -0.39 is 23.8 Å². The summed E-state index contributed by atoms with van der Waals surface area (Å²) < 4.78 is 19.3. The molecule has 10 heteroatoms. The van der Waals surface area contributed by atoms with Crippen LogP contribution in [0.4, 0.5) is 14.9 Å². The summed E-state index contributed by atoms with van der Waals surface area (Å²) in [5.74, 6) is -2.71. The lowest BCUT2D eigenvalue weighted by molar-refractivity contribution is -0.122. The van der Waals surface area contributed by atoms with Gasteiger partial charge < -0.3 is 9.84 Å². The predicted octanol–water partition coefficient (Wildman–Crippen LogP) is 4.53. The highest BCUT2D eigenvalue weighted by Gasteiger charge is 2.36. The number of imide groups is 2. The van der Waals surface area contributed by atoms with Gasteiger partial charge in [0.1, 0.15) is 23.7 Å². The molecule has 35 heavy (non-hydrogen) atoms. The van der Waals surface area contributed by atoms with Gasteiger partial charge >= 0.3 is 12.0 Å². The maximum Gasteiger partial charge on any atom is 0.335 e. The molecule has 0 aromatic heterocycles. The van der Waals surface area contributed by atoms with Crippen LogP contribution in [0.15, 0.2) is 76.8 Å². The molecule has 0 atom stereocenters. The first kappa shape index (κ1) is 23.8. The molecule has 0 aliphatic carbocycles. The fraction of sp³-hybridized carbons (Fsp3) is 0.0400. The number of rotatable bonds is 6. The number of amides is 4. The van der Waals surface area contributed by atoms with Crippen molar-refractivity contribution in [2.24, 2.45) is 0 Å². The Morgan fingerprint density at radius 1 is 1.03 bits per heavy atom. The largest absolute Gasteiger partial charge is 0.488 e. The Morgan fingerprint density at radius 2 is 1.71 bits per heavy atom. The first-order valence-electron chi connectivity index (χ1n) is 10.1. The molecule has 1 saturated heterocycles. The van der Waals surface area contributed by atoms with Gasteiger partial charge in [0.2, 0.25) is 0 Å². The number of barbiturate groups is 1. The summed E-state index contributed by atoms with van der Waals surface area (Å²) >= 11 is 3.39. The maximum absolute atomic E-state index is 13.0. The van der Waals surface area contributed by atoms with E-state index in [1.54, 1.807) is 30.3 Å². The third-order valence-corrected chi connectivity index (χ3v) is 5.67. The number of carboxylic acid groups (broad SMARTS) is 1. The van der Waals surface area contributed by atoms with Gasteiger partial charge in [0.15, 0.2) is 0 Å². The second-order valence-corrected chi connectivity index (χ2v) is 8.27. The van der Waals surface area contributed by atoms with Crippen molar-refractivity contribution >= 4 is 51.5 Å². The number of hydrogen-bond acceptors (Lipinski definition) is 5. The number of carbonyl (C=O) groups is 4. The van der Waals surface area contributed by atoms with Crippen molar-refractivity contribution in [3.05, 3.63) is 99.3 Å². The SMILES string of the molecule is O=C1NC(=O)N(c2ccc(C(=O)O)cc2)C(=O)/C1=C/c1ccc(OCc2ccc(F)cc2)c(Br)c1. The Balaban J connectivity index is 1.55. The standard InChI is InChI=1S/C25H16BrFN2O6/c26-20-12-15(3-10-21(20)35-13-14-1-6-17(27)7-2-14)11-19-22(30)28-25(34)29(23(19)31)18-8-4-16(5-9-18)24(32)33/h1-12H,13H2,(H,32,33)(H,28,30,34)/b19-11+. The molecule has 2 N–H and O–H groups in total. The number of urea groups is 1. The molecule has 176 valence electrons. The third kappa shape index (κ3) is 5.28. The molecule has 4 amide bonds. The topological polar surface area (TPSA) is 113 Å². The number of benzene rings is 3. The van der Waals surface area contributed by atoms with E-state index in [0.29, 0.717) is 15.8 Å². The van der Waals surface area contributed by atoms with Crippen molar-refractivity contribution in [1.29, 1.82) is 0 Å². The molecule has 1 heterocycles. The number of anilines is 1. The second kappa shape index (κ2) is 9.90. The van der Waals surface area contributed by atoms with Gasteiger partial charge in [-0.1, -0.05) is 18.2 Å². The molecule has 1 aliphatic heterocycles. The van der Waals surface area contributed by atoms with E-state index in [2.05, 4.69) is 21.2 Å². The highest BCUT2D eigenvalue weighted by atomic mass is 79.9. The number of nitrogens with one attached hydrogen (secondary N) is 1. The number of nitrogens with zero attached hydrogens (tertiary/aromatic N) is 1. The fourth-order valence-electron chi connectivity index (χ4n) is 3.28. The van der Waals surface area contributed by atoms with E-state index in [9.17, 15) is 23.6 Å². The second-order valence-electron chi connectivity index (χ2n) is 7.41. The molecule has 4 rings (SSSR count). The van der Waals surface area contributed by atoms with Crippen molar-refractivity contribution in [3.63, 3.8) is 0 Å². The average Bonchev–Trinajstić information content (AvgIpc) is 2.82. The number of ether oxygens (including phenoxy) is 1. The van der Waals surface area contributed by atoms with Crippen molar-refractivity contribution in [2.75, 3.05) is 4.90 Å². The van der Waals surface area contributed by atoms with Crippen molar-refractivity contribution in [3.8, 4) is 5.75 Å². The van der Waals surface area contributed by atoms with Crippen molar-refractivity contribution in [2.45, 2.75) is 6.61 Å². The van der Waals surface area contributed by atoms with Gasteiger partial charge in [-0.15, -0.1) is 0 Å². The van der Waals surface area contributed by atoms with Gasteiger partial charge in [0.25, 0.3) is 11.8 Å². The molecule has 1 fully saturated rings. The van der Waals surface area contributed by atoms with Crippen LogP contribution < -0.4 is 15.0 Å². The first-order chi connectivity index (χ1) is 16.7. The number of carboxylic acids is 1. The lowest BCUT2D eigenvalue weighted by Gasteiger charge is -2.26. The lowest BCUT2D eigenvalue weighted by atomic mass is 10.1. The Labute approximate surface area is 206 Å². The minimum Gasteiger partial charge on any atom is -0.488 e. The number of halogens is 2. The van der Waals surface area contributed by atoms with Gasteiger partial charge in [-0.25, -0.2) is 18.9 Å². The van der Waals surface area contributed by atoms with E-state index in [1.165, 1.54) is 42.5 Å². The molecule has 8 nitrogen and oxygen atoms in total. The van der Waals surface area contributed by atoms with Crippen molar-refractivity contribution < 1.29 is 33.4 Å². The summed E-state index contributed by atoms with van der Waals surface area (Å²) in [6, 6.07) is 15.0. The van der Waals surface area contributed by atoms with Crippen LogP contribution in [0.2, 0.25) is 0 Å². The average molecular weight is 539 g/mol. The van der Waals surface area contributed by atoms with Crippen LogP contribution in [0.1, 0.15) is 21.5 Å². The molecular formula is C25H16BrFN2O6. The molecular weight excluding hydrogens is 523 g/mol. The Morgan fingerprint density at radius 3 is 2.34 bits per heavy atom. The van der Waals surface area contributed by atoms with E-state index in [0.717, 1.165) is 10.5 Å². The summed E-state index contributed by atoms with van der Waals surface area (Å²) in [6.07, 6.45) is 1.33. The molecule has 0 bridgehead atoms. The third-order valence-electron chi connectivity index (χ3n) is 5.05. The smallest absolute Gasteiger partial charge is 0.335 e. The zero-order valence-electron chi connectivity index (χ0n) is 17.8. The van der Waals surface area contributed by atoms with E-state index in [4.69, 9.17) is 9.84 Å². The minimum absolute atomic E-state index is 0.0166. The quantitative estimate of drug-likeness (QED) is 0.352. The Hall–Kier alpha value is -4.31. The van der Waals surface area contributed by atoms with Crippen molar-refractivity contribution in [1.82, 2.24) is 5.32 Å². The lowest BCUT2D eigenvalue weighted by Crippen LogP contribution is -2.54. The summed E-state index contributed by atoms with van der Waals surface area (Å²) in [5.41, 5.74) is 1.08. The van der Waals surface area contributed by atoms with Crippen LogP contribution >= 0.6 is 15.9 Å². The molecule has 0 saturated carbocycles. The molecule has 3 aromatic carbocycles. The molecule has 0 unspecified atom stereocenters. The van der Waals surface area contributed by atoms with E-state index in [-0.39, 0.29) is 29.2 Å². The minimum atomic E-state index is -1.16. The molecule has 0 spiro atoms. The predicted molar refractivity (Wildman–Crippen MR) is 127 cm³/mol. The summed E-state index contributed by atoms with van der Waals surface area (Å²) in [4.78, 5) is 49.5. The van der Waals surface area contributed by atoms with Crippen LogP contribution in [-0.4, -0.2) is 28.9 Å². The highest BCUT2D eigenvalue weighted by molar-refractivity contribution is 9.10. The van der Waals surface area contributed by atoms with Crippen LogP contribution in [0.5, 0.6) is 5.75 Å². The van der Waals surface area contributed by atoms with Gasteiger partial charge in [0, 0.05) is 0 Å². The monoisotopic (exact) mass is 538 g/mol. The Bertz CT molecular complexity index is 1370. The zero-order valence-corrected chi connectivity index (χ0v) is 19.4. The normalized spacial score (nSPS) is 14.7. The number of carbonyl (C=O) groups excluding carboxylic acids is 3. The van der Waals surface area contributed by atoms with Crippen LogP contribution in [-0.2, 0) is 16.2 Å². The first-order valence-corrected chi connectivity index (χ1v) is 10.9. The Kier molecular flexibility index (Phi) is 6.74. The molecule has 3 aromatic rings. The fourth-order valence-corrected chi connectivity index (χ4v) is 3.79. The van der Waals surface area contributed by atoms with Crippen LogP contribution in [0, 0.1) is 5.82 Å². The summed E-state index contributed by atoms with van der Waals surface area (Å²) in [6.45, 7) is 0.206. The maximum atomic E-state index is 13.0. The van der Waals surface area contributed by atoms with E-state index in [1.807, 2.05) is 0 Å². The van der Waals surface area contributed by atoms with Gasteiger partial charge in [-0.2, -0.15) is 0 Å². The summed E-state index contributed by atoms with van der Waals surface area (Å²) in [5, 5.41) is 11.1. The van der Waals surface area contributed by atoms with Gasteiger partial charge in [-0.05, 0) is 81.7 Å². The summed E-state index contributed by atoms with van der Waals surface area (Å²) in [7, 11) is 0. The number of aromatic carboxylic acids is 1. The molecule has 0 radical (unpaired) electrons. The number of hydrogen-bond donors (Lipinski definition) is 2. The van der Waals surface area contributed by atoms with E-state index >= 15 is 0 Å². The van der Waals surface area contributed by atoms with Gasteiger partial charge in [-0.3, -0.25) is 14.9 Å². The van der Waals surface area contributed by atoms with Gasteiger partial charge in [0.05, 0.1) is 15.7 Å². The van der Waals surface area contributed by atoms with Crippen LogP contribution in [0.25, 0.3) is 6.08 Å². The molecule has 1 aliphatic rings. The van der Waals surface area contributed by atoms with Crippen LogP contribution in [0.3, 0.4) is 0 Å².